The molecule has 1 aromatic rings. The standard InChI is InChI=1S/C14H17NO2/c1-4-17-14(16)13-9-10(2)11-7-5-6-8-12(11)15(13)3/h5-8,13H,2,4,9H2,1,3H3. The Labute approximate surface area is 102 Å². The third-order valence-corrected chi connectivity index (χ3v) is 3.13. The smallest absolute Gasteiger partial charge is 0.329 e. The van der Waals surface area contributed by atoms with Crippen LogP contribution < -0.4 is 4.90 Å². The zero-order chi connectivity index (χ0) is 12.4. The largest absolute Gasteiger partial charge is 0.464 e. The summed E-state index contributed by atoms with van der Waals surface area (Å²) in [7, 11) is 1.92. The molecule has 1 heterocycles. The molecule has 0 spiro atoms. The third kappa shape index (κ3) is 2.05. The molecule has 1 aliphatic heterocycles. The van der Waals surface area contributed by atoms with E-state index in [-0.39, 0.29) is 12.0 Å². The minimum absolute atomic E-state index is 0.175. The molecule has 0 amide bonds. The van der Waals surface area contributed by atoms with Gasteiger partial charge in [0, 0.05) is 24.7 Å². The van der Waals surface area contributed by atoms with Gasteiger partial charge < -0.3 is 9.64 Å². The lowest BCUT2D eigenvalue weighted by atomic mass is 9.92. The van der Waals surface area contributed by atoms with E-state index in [2.05, 4.69) is 6.58 Å². The summed E-state index contributed by atoms with van der Waals surface area (Å²) >= 11 is 0. The van der Waals surface area contributed by atoms with Crippen LogP contribution in [0.3, 0.4) is 0 Å². The normalized spacial score (nSPS) is 18.8. The first-order valence-corrected chi connectivity index (χ1v) is 5.81. The fourth-order valence-electron chi connectivity index (χ4n) is 2.21. The van der Waals surface area contributed by atoms with Gasteiger partial charge in [0.15, 0.2) is 0 Å². The SMILES string of the molecule is C=C1CC(C(=O)OCC)N(C)c2ccccc21. The van der Waals surface area contributed by atoms with Crippen LogP contribution in [0, 0.1) is 0 Å². The van der Waals surface area contributed by atoms with Gasteiger partial charge >= 0.3 is 5.97 Å². The summed E-state index contributed by atoms with van der Waals surface area (Å²) in [5.41, 5.74) is 3.16. The van der Waals surface area contributed by atoms with Crippen LogP contribution in [0.4, 0.5) is 5.69 Å². The first-order chi connectivity index (χ1) is 8.15. The van der Waals surface area contributed by atoms with Crippen molar-refractivity contribution in [2.75, 3.05) is 18.6 Å². The second-order valence-electron chi connectivity index (χ2n) is 4.20. The zero-order valence-corrected chi connectivity index (χ0v) is 10.3. The highest BCUT2D eigenvalue weighted by molar-refractivity contribution is 5.89. The number of benzene rings is 1. The Morgan fingerprint density at radius 2 is 2.24 bits per heavy atom. The summed E-state index contributed by atoms with van der Waals surface area (Å²) < 4.78 is 5.09. The molecule has 3 nitrogen and oxygen atoms in total. The van der Waals surface area contributed by atoms with E-state index in [9.17, 15) is 4.79 Å². The quantitative estimate of drug-likeness (QED) is 0.732. The van der Waals surface area contributed by atoms with Crippen LogP contribution in [-0.4, -0.2) is 25.7 Å². The monoisotopic (exact) mass is 231 g/mol. The van der Waals surface area contributed by atoms with E-state index in [4.69, 9.17) is 4.74 Å². The minimum Gasteiger partial charge on any atom is -0.464 e. The van der Waals surface area contributed by atoms with Gasteiger partial charge in [-0.05, 0) is 18.6 Å². The molecule has 90 valence electrons. The Morgan fingerprint density at radius 3 is 2.94 bits per heavy atom. The molecular weight excluding hydrogens is 214 g/mol. The Bertz CT molecular complexity index is 453. The highest BCUT2D eigenvalue weighted by Gasteiger charge is 2.31. The second kappa shape index (κ2) is 4.62. The number of carbonyl (C=O) groups excluding carboxylic acids is 1. The van der Waals surface area contributed by atoms with E-state index >= 15 is 0 Å². The summed E-state index contributed by atoms with van der Waals surface area (Å²) in [4.78, 5) is 13.8. The van der Waals surface area contributed by atoms with Crippen molar-refractivity contribution in [3.8, 4) is 0 Å². The van der Waals surface area contributed by atoms with Crippen molar-refractivity contribution in [2.45, 2.75) is 19.4 Å². The first-order valence-electron chi connectivity index (χ1n) is 5.81. The second-order valence-corrected chi connectivity index (χ2v) is 4.20. The Balaban J connectivity index is 2.33. The van der Waals surface area contributed by atoms with Crippen LogP contribution in [-0.2, 0) is 9.53 Å². The average Bonchev–Trinajstić information content (AvgIpc) is 2.34. The van der Waals surface area contributed by atoms with Gasteiger partial charge in [0.25, 0.3) is 0 Å². The van der Waals surface area contributed by atoms with Crippen molar-refractivity contribution in [1.82, 2.24) is 0 Å². The predicted octanol–water partition coefficient (Wildman–Crippen LogP) is 2.47. The Hall–Kier alpha value is -1.77. The van der Waals surface area contributed by atoms with Crippen molar-refractivity contribution in [1.29, 1.82) is 0 Å². The topological polar surface area (TPSA) is 29.5 Å². The molecule has 1 aromatic carbocycles. The number of hydrogen-bond donors (Lipinski definition) is 0. The van der Waals surface area contributed by atoms with Gasteiger partial charge in [-0.1, -0.05) is 24.8 Å². The highest BCUT2D eigenvalue weighted by atomic mass is 16.5. The fourth-order valence-corrected chi connectivity index (χ4v) is 2.21. The van der Waals surface area contributed by atoms with E-state index in [1.165, 1.54) is 0 Å². The van der Waals surface area contributed by atoms with Crippen LogP contribution in [0.1, 0.15) is 18.9 Å². The number of anilines is 1. The van der Waals surface area contributed by atoms with E-state index in [1.807, 2.05) is 43.1 Å². The lowest BCUT2D eigenvalue weighted by molar-refractivity contribution is -0.144. The Kier molecular flexibility index (Phi) is 3.18. The molecule has 0 saturated carbocycles. The minimum atomic E-state index is -0.252. The van der Waals surface area contributed by atoms with Crippen molar-refractivity contribution in [3.05, 3.63) is 36.4 Å². The van der Waals surface area contributed by atoms with Crippen molar-refractivity contribution in [3.63, 3.8) is 0 Å². The van der Waals surface area contributed by atoms with Crippen LogP contribution in [0.5, 0.6) is 0 Å². The summed E-state index contributed by atoms with van der Waals surface area (Å²) in [5.74, 6) is -0.175. The summed E-state index contributed by atoms with van der Waals surface area (Å²) in [6.45, 7) is 6.29. The van der Waals surface area contributed by atoms with E-state index in [0.29, 0.717) is 13.0 Å². The van der Waals surface area contributed by atoms with Crippen molar-refractivity contribution < 1.29 is 9.53 Å². The summed E-state index contributed by atoms with van der Waals surface area (Å²) in [6.07, 6.45) is 0.631. The maximum atomic E-state index is 11.9. The number of likely N-dealkylation sites (N-methyl/N-ethyl adjacent to an activating group) is 1. The number of ether oxygens (including phenoxy) is 1. The van der Waals surface area contributed by atoms with E-state index < -0.39 is 0 Å². The molecular formula is C14H17NO2. The van der Waals surface area contributed by atoms with Gasteiger partial charge in [-0.25, -0.2) is 4.79 Å². The third-order valence-electron chi connectivity index (χ3n) is 3.13. The molecule has 0 saturated heterocycles. The molecule has 0 N–H and O–H groups in total. The average molecular weight is 231 g/mol. The molecule has 17 heavy (non-hydrogen) atoms. The van der Waals surface area contributed by atoms with E-state index in [0.717, 1.165) is 16.8 Å². The Morgan fingerprint density at radius 1 is 1.53 bits per heavy atom. The van der Waals surface area contributed by atoms with Crippen LogP contribution in [0.15, 0.2) is 30.8 Å². The lowest BCUT2D eigenvalue weighted by Gasteiger charge is -2.35. The predicted molar refractivity (Wildman–Crippen MR) is 68.9 cm³/mol. The number of para-hydroxylation sites is 1. The zero-order valence-electron chi connectivity index (χ0n) is 10.3. The molecule has 0 aromatic heterocycles. The van der Waals surface area contributed by atoms with Gasteiger partial charge in [0.2, 0.25) is 0 Å². The number of nitrogens with zero attached hydrogens (tertiary/aromatic N) is 1. The molecule has 0 fully saturated rings. The molecule has 1 atom stereocenters. The number of esters is 1. The molecule has 0 aliphatic carbocycles. The molecule has 2 rings (SSSR count). The fraction of sp³-hybridized carbons (Fsp3) is 0.357. The molecule has 0 bridgehead atoms. The van der Waals surface area contributed by atoms with Crippen LogP contribution in [0.2, 0.25) is 0 Å². The maximum Gasteiger partial charge on any atom is 0.329 e. The molecule has 3 heteroatoms. The molecule has 1 aliphatic rings. The van der Waals surface area contributed by atoms with Crippen LogP contribution >= 0.6 is 0 Å². The first kappa shape index (κ1) is 11.7. The summed E-state index contributed by atoms with van der Waals surface area (Å²) in [6, 6.07) is 7.75. The van der Waals surface area contributed by atoms with Gasteiger partial charge in [-0.3, -0.25) is 0 Å². The number of rotatable bonds is 2. The van der Waals surface area contributed by atoms with Gasteiger partial charge in [0.1, 0.15) is 6.04 Å². The highest BCUT2D eigenvalue weighted by Crippen LogP contribution is 2.35. The van der Waals surface area contributed by atoms with Crippen LogP contribution in [0.25, 0.3) is 5.57 Å². The summed E-state index contributed by atoms with van der Waals surface area (Å²) in [5, 5.41) is 0. The van der Waals surface area contributed by atoms with Gasteiger partial charge in [0.05, 0.1) is 6.61 Å². The lowest BCUT2D eigenvalue weighted by Crippen LogP contribution is -2.42. The van der Waals surface area contributed by atoms with E-state index in [1.54, 1.807) is 0 Å². The van der Waals surface area contributed by atoms with Gasteiger partial charge in [-0.2, -0.15) is 0 Å². The molecule has 0 radical (unpaired) electrons. The van der Waals surface area contributed by atoms with Crippen molar-refractivity contribution >= 4 is 17.2 Å². The van der Waals surface area contributed by atoms with Crippen molar-refractivity contribution in [2.24, 2.45) is 0 Å². The number of fused-ring (bicyclic) bond motifs is 1. The number of carbonyl (C=O) groups is 1. The number of hydrogen-bond acceptors (Lipinski definition) is 3. The maximum absolute atomic E-state index is 11.9. The van der Waals surface area contributed by atoms with Gasteiger partial charge in [-0.15, -0.1) is 0 Å². The molecule has 1 unspecified atom stereocenters.